The Morgan fingerprint density at radius 3 is 2.79 bits per heavy atom. The van der Waals surface area contributed by atoms with Gasteiger partial charge in [-0.15, -0.1) is 0 Å². The zero-order chi connectivity index (χ0) is 11.0. The first-order valence-corrected chi connectivity index (χ1v) is 3.76. The molecule has 0 saturated carbocycles. The molecule has 0 aromatic rings. The van der Waals surface area contributed by atoms with Crippen LogP contribution < -0.4 is 5.73 Å². The number of primary amides is 1. The van der Waals surface area contributed by atoms with E-state index < -0.39 is 18.4 Å². The number of oxime groups is 1. The molecule has 0 fully saturated rings. The van der Waals surface area contributed by atoms with Gasteiger partial charge in [-0.3, -0.25) is 9.59 Å². The van der Waals surface area contributed by atoms with Crippen LogP contribution in [-0.4, -0.2) is 36.1 Å². The second kappa shape index (κ2) is 6.42. The molecule has 0 radical (unpaired) electrons. The van der Waals surface area contributed by atoms with Crippen molar-refractivity contribution in [1.29, 1.82) is 5.26 Å². The smallest absolute Gasteiger partial charge is 0.276 e. The van der Waals surface area contributed by atoms with Gasteiger partial charge in [0.15, 0.2) is 12.8 Å². The van der Waals surface area contributed by atoms with E-state index in [1.54, 1.807) is 13.1 Å². The number of nitrogens with zero attached hydrogens (tertiary/aromatic N) is 3. The normalized spacial score (nSPS) is 9.43. The van der Waals surface area contributed by atoms with Gasteiger partial charge < -0.3 is 10.6 Å². The molecule has 14 heavy (non-hydrogen) atoms. The van der Waals surface area contributed by atoms with Crippen LogP contribution in [0.25, 0.3) is 0 Å². The van der Waals surface area contributed by atoms with Crippen molar-refractivity contribution in [2.45, 2.75) is 6.92 Å². The van der Waals surface area contributed by atoms with Crippen molar-refractivity contribution in [3.05, 3.63) is 0 Å². The molecule has 0 unspecified atom stereocenters. The second-order valence-electron chi connectivity index (χ2n) is 2.15. The van der Waals surface area contributed by atoms with Gasteiger partial charge in [0.25, 0.3) is 11.8 Å². The summed E-state index contributed by atoms with van der Waals surface area (Å²) in [4.78, 5) is 26.5. The number of carbonyl (C=O) groups excluding carboxylic acids is 2. The average molecular weight is 198 g/mol. The highest BCUT2D eigenvalue weighted by Gasteiger charge is 2.10. The first-order chi connectivity index (χ1) is 6.61. The fourth-order valence-electron chi connectivity index (χ4n) is 0.562. The molecule has 0 aliphatic carbocycles. The van der Waals surface area contributed by atoms with E-state index in [9.17, 15) is 9.59 Å². The zero-order valence-corrected chi connectivity index (χ0v) is 7.64. The molecule has 0 spiro atoms. The third-order valence-electron chi connectivity index (χ3n) is 1.18. The van der Waals surface area contributed by atoms with Crippen LogP contribution in [0.4, 0.5) is 0 Å². The van der Waals surface area contributed by atoms with Gasteiger partial charge >= 0.3 is 0 Å². The van der Waals surface area contributed by atoms with Crippen LogP contribution in [0.5, 0.6) is 0 Å². The molecule has 0 aromatic heterocycles. The van der Waals surface area contributed by atoms with Crippen molar-refractivity contribution in [3.8, 4) is 6.19 Å². The number of hydrogen-bond donors (Lipinski definition) is 1. The minimum Gasteiger partial charge on any atom is -0.385 e. The third kappa shape index (κ3) is 4.71. The molecule has 0 aliphatic rings. The highest BCUT2D eigenvalue weighted by atomic mass is 16.6. The summed E-state index contributed by atoms with van der Waals surface area (Å²) in [6, 6.07) is 0. The number of hydrogen-bond acceptors (Lipinski definition) is 5. The van der Waals surface area contributed by atoms with Crippen molar-refractivity contribution < 1.29 is 14.4 Å². The Morgan fingerprint density at radius 2 is 2.36 bits per heavy atom. The maximum atomic E-state index is 11.0. The predicted octanol–water partition coefficient (Wildman–Crippen LogP) is -1.20. The first-order valence-electron chi connectivity index (χ1n) is 3.76. The monoisotopic (exact) mass is 198 g/mol. The maximum absolute atomic E-state index is 11.0. The van der Waals surface area contributed by atoms with Crippen LogP contribution in [0.15, 0.2) is 5.16 Å². The van der Waals surface area contributed by atoms with Crippen molar-refractivity contribution in [2.75, 3.05) is 13.2 Å². The van der Waals surface area contributed by atoms with Crippen molar-refractivity contribution >= 4 is 18.0 Å². The molecule has 0 rings (SSSR count). The molecule has 0 atom stereocenters. The van der Waals surface area contributed by atoms with Crippen molar-refractivity contribution in [2.24, 2.45) is 10.9 Å². The largest absolute Gasteiger partial charge is 0.385 e. The summed E-state index contributed by atoms with van der Waals surface area (Å²) in [5.74, 6) is -1.30. The van der Waals surface area contributed by atoms with Crippen LogP contribution >= 0.6 is 0 Å². The fourth-order valence-corrected chi connectivity index (χ4v) is 0.562. The molecule has 2 N–H and O–H groups in total. The van der Waals surface area contributed by atoms with E-state index in [4.69, 9.17) is 11.0 Å². The molecule has 76 valence electrons. The lowest BCUT2D eigenvalue weighted by atomic mass is 10.5. The first kappa shape index (κ1) is 11.9. The lowest BCUT2D eigenvalue weighted by molar-refractivity contribution is -0.132. The molecular formula is C7H10N4O3. The Kier molecular flexibility index (Phi) is 5.46. The Bertz CT molecular complexity index is 281. The van der Waals surface area contributed by atoms with Crippen LogP contribution in [0.2, 0.25) is 0 Å². The number of carbonyl (C=O) groups is 2. The highest BCUT2D eigenvalue weighted by molar-refractivity contribution is 6.25. The van der Waals surface area contributed by atoms with Crippen LogP contribution in [0.1, 0.15) is 6.92 Å². The Hall–Kier alpha value is -2.10. The lowest BCUT2D eigenvalue weighted by Crippen LogP contribution is -2.29. The van der Waals surface area contributed by atoms with Gasteiger partial charge in [-0.2, -0.15) is 5.26 Å². The summed E-state index contributed by atoms with van der Waals surface area (Å²) in [5.41, 5.74) is 4.71. The van der Waals surface area contributed by atoms with Gasteiger partial charge in [0.2, 0.25) is 0 Å². The van der Waals surface area contributed by atoms with Gasteiger partial charge in [0.1, 0.15) is 6.21 Å². The van der Waals surface area contributed by atoms with E-state index in [1.165, 1.54) is 0 Å². The minimum atomic E-state index is -0.773. The molecular weight excluding hydrogens is 188 g/mol. The zero-order valence-electron chi connectivity index (χ0n) is 7.64. The molecule has 2 amide bonds. The van der Waals surface area contributed by atoms with Gasteiger partial charge in [-0.05, 0) is 6.92 Å². The number of likely N-dealkylation sites (N-methyl/N-ethyl adjacent to an activating group) is 1. The molecule has 0 heterocycles. The quantitative estimate of drug-likeness (QED) is 0.259. The van der Waals surface area contributed by atoms with Crippen LogP contribution in [0, 0.1) is 11.5 Å². The number of nitriles is 1. The molecule has 0 bridgehead atoms. The summed E-state index contributed by atoms with van der Waals surface area (Å²) in [7, 11) is 0. The molecule has 0 saturated heterocycles. The van der Waals surface area contributed by atoms with Crippen molar-refractivity contribution in [1.82, 2.24) is 4.90 Å². The number of rotatable bonds is 5. The summed E-state index contributed by atoms with van der Waals surface area (Å²) < 4.78 is 0. The molecule has 0 aliphatic heterocycles. The molecule has 0 aromatic carbocycles. The van der Waals surface area contributed by atoms with Crippen LogP contribution in [-0.2, 0) is 14.4 Å². The van der Waals surface area contributed by atoms with Gasteiger partial charge in [0.05, 0.1) is 0 Å². The Balaban J connectivity index is 3.86. The van der Waals surface area contributed by atoms with Gasteiger partial charge in [0, 0.05) is 6.54 Å². The third-order valence-corrected chi connectivity index (χ3v) is 1.18. The topological polar surface area (TPSA) is 109 Å². The second-order valence-corrected chi connectivity index (χ2v) is 2.15. The van der Waals surface area contributed by atoms with E-state index in [0.29, 0.717) is 0 Å². The minimum absolute atomic E-state index is 0.262. The van der Waals surface area contributed by atoms with Crippen LogP contribution in [0.3, 0.4) is 0 Å². The number of amides is 2. The van der Waals surface area contributed by atoms with E-state index in [2.05, 4.69) is 9.99 Å². The summed E-state index contributed by atoms with van der Waals surface area (Å²) in [5, 5.41) is 11.5. The maximum Gasteiger partial charge on any atom is 0.276 e. The summed E-state index contributed by atoms with van der Waals surface area (Å²) in [6.07, 6.45) is 2.39. The summed E-state index contributed by atoms with van der Waals surface area (Å²) >= 11 is 0. The molecule has 7 heteroatoms. The standard InChI is InChI=1S/C7H10N4O3/c1-2-11(5-8)7(13)4-14-10-3-6(9)12/h3H,2,4H2,1H3,(H2,9,12). The SMILES string of the molecule is CCN(C#N)C(=O)CON=CC(N)=O. The fraction of sp³-hybridized carbons (Fsp3) is 0.429. The Morgan fingerprint density at radius 1 is 1.71 bits per heavy atom. The van der Waals surface area contributed by atoms with E-state index >= 15 is 0 Å². The summed E-state index contributed by atoms with van der Waals surface area (Å²) in [6.45, 7) is 1.51. The van der Waals surface area contributed by atoms with Gasteiger partial charge in [-0.25, -0.2) is 4.90 Å². The highest BCUT2D eigenvalue weighted by Crippen LogP contribution is 1.87. The van der Waals surface area contributed by atoms with E-state index in [-0.39, 0.29) is 6.54 Å². The predicted molar refractivity (Wildman–Crippen MR) is 46.6 cm³/mol. The lowest BCUT2D eigenvalue weighted by Gasteiger charge is -2.08. The average Bonchev–Trinajstić information content (AvgIpc) is 2.14. The van der Waals surface area contributed by atoms with Crippen molar-refractivity contribution in [3.63, 3.8) is 0 Å². The number of nitrogens with two attached hydrogens (primary N) is 1. The van der Waals surface area contributed by atoms with E-state index in [0.717, 1.165) is 11.1 Å². The molecule has 7 nitrogen and oxygen atoms in total. The Labute approximate surface area is 80.7 Å². The van der Waals surface area contributed by atoms with E-state index in [1.807, 2.05) is 0 Å². The van der Waals surface area contributed by atoms with Gasteiger partial charge in [-0.1, -0.05) is 5.16 Å².